The van der Waals surface area contributed by atoms with Gasteiger partial charge in [0.2, 0.25) is 0 Å². The van der Waals surface area contributed by atoms with E-state index in [0.717, 1.165) is 6.20 Å². The third kappa shape index (κ3) is 4.67. The number of halogens is 1. The molecule has 0 unspecified atom stereocenters. The molecule has 0 saturated carbocycles. The Labute approximate surface area is 108 Å². The minimum Gasteiger partial charge on any atom is -0.478 e. The van der Waals surface area contributed by atoms with E-state index < -0.39 is 17.3 Å². The van der Waals surface area contributed by atoms with Crippen LogP contribution in [0.2, 0.25) is 0 Å². The summed E-state index contributed by atoms with van der Waals surface area (Å²) < 4.78 is 13.0. The number of carbonyl (C=O) groups excluding carboxylic acids is 1. The molecular formula is C12H12FNO3S. The number of nitrogens with zero attached hydrogens (tertiary/aromatic N) is 1. The van der Waals surface area contributed by atoms with Gasteiger partial charge in [0.1, 0.15) is 0 Å². The first-order valence-electron chi connectivity index (χ1n) is 5.19. The Balaban J connectivity index is 2.62. The molecule has 0 amide bonds. The summed E-state index contributed by atoms with van der Waals surface area (Å²) in [7, 11) is 0. The van der Waals surface area contributed by atoms with E-state index in [0.29, 0.717) is 17.9 Å². The van der Waals surface area contributed by atoms with Crippen molar-refractivity contribution in [1.82, 2.24) is 4.98 Å². The number of aromatic nitrogens is 1. The van der Waals surface area contributed by atoms with Crippen LogP contribution in [0.3, 0.4) is 0 Å². The lowest BCUT2D eigenvalue weighted by Gasteiger charge is -1.98. The molecule has 0 saturated heterocycles. The molecule has 1 aromatic heterocycles. The van der Waals surface area contributed by atoms with Crippen LogP contribution in [0.25, 0.3) is 6.08 Å². The maximum absolute atomic E-state index is 13.0. The Kier molecular flexibility index (Phi) is 5.51. The molecule has 0 radical (unpaired) electrons. The minimum absolute atomic E-state index is 0.0523. The first kappa shape index (κ1) is 14.4. The van der Waals surface area contributed by atoms with Gasteiger partial charge in [-0.1, -0.05) is 17.8 Å². The van der Waals surface area contributed by atoms with Gasteiger partial charge in [0, 0.05) is 12.7 Å². The summed E-state index contributed by atoms with van der Waals surface area (Å²) in [6.07, 6.45) is 4.91. The van der Waals surface area contributed by atoms with Gasteiger partial charge in [-0.05, 0) is 18.6 Å². The lowest BCUT2D eigenvalue weighted by molar-refractivity contribution is -0.109. The molecule has 1 aromatic rings. The van der Waals surface area contributed by atoms with Gasteiger partial charge in [0.25, 0.3) is 0 Å². The van der Waals surface area contributed by atoms with Gasteiger partial charge < -0.3 is 5.11 Å². The zero-order chi connectivity index (χ0) is 13.5. The molecule has 1 N–H and O–H groups in total. The molecule has 0 atom stereocenters. The van der Waals surface area contributed by atoms with Crippen molar-refractivity contribution in [3.8, 4) is 0 Å². The van der Waals surface area contributed by atoms with E-state index in [9.17, 15) is 14.0 Å². The van der Waals surface area contributed by atoms with Crippen molar-refractivity contribution in [2.75, 3.05) is 5.75 Å². The topological polar surface area (TPSA) is 67.3 Å². The van der Waals surface area contributed by atoms with Gasteiger partial charge in [-0.25, -0.2) is 9.18 Å². The first-order valence-corrected chi connectivity index (χ1v) is 6.18. The first-order chi connectivity index (χ1) is 8.50. The highest BCUT2D eigenvalue weighted by Crippen LogP contribution is 2.10. The van der Waals surface area contributed by atoms with Crippen LogP contribution in [0.1, 0.15) is 29.4 Å². The van der Waals surface area contributed by atoms with Crippen LogP contribution >= 0.6 is 11.8 Å². The standard InChI is InChI=1S/C12H12FNO3S/c1-8(15)18-5-3-2-4-9-6-10(12(16)17)11(13)7-14-9/h2,4,6-7H,3,5H2,1H3,(H,16,17). The summed E-state index contributed by atoms with van der Waals surface area (Å²) in [5.74, 6) is -1.53. The van der Waals surface area contributed by atoms with Crippen molar-refractivity contribution >= 4 is 28.9 Å². The van der Waals surface area contributed by atoms with Crippen LogP contribution in [0.4, 0.5) is 4.39 Å². The van der Waals surface area contributed by atoms with E-state index in [1.807, 2.05) is 0 Å². The smallest absolute Gasteiger partial charge is 0.338 e. The third-order valence-corrected chi connectivity index (χ3v) is 2.83. The van der Waals surface area contributed by atoms with E-state index >= 15 is 0 Å². The van der Waals surface area contributed by atoms with E-state index in [1.54, 1.807) is 12.2 Å². The van der Waals surface area contributed by atoms with E-state index in [2.05, 4.69) is 4.98 Å². The van der Waals surface area contributed by atoms with E-state index in [-0.39, 0.29) is 5.12 Å². The van der Waals surface area contributed by atoms with Crippen LogP contribution in [-0.4, -0.2) is 26.9 Å². The summed E-state index contributed by atoms with van der Waals surface area (Å²) in [5.41, 5.74) is -0.0237. The highest BCUT2D eigenvalue weighted by atomic mass is 32.2. The molecule has 18 heavy (non-hydrogen) atoms. The molecule has 0 spiro atoms. The normalized spacial score (nSPS) is 10.8. The lowest BCUT2D eigenvalue weighted by Crippen LogP contribution is -2.01. The van der Waals surface area contributed by atoms with Gasteiger partial charge in [-0.2, -0.15) is 0 Å². The van der Waals surface area contributed by atoms with Gasteiger partial charge >= 0.3 is 5.97 Å². The zero-order valence-electron chi connectivity index (χ0n) is 9.72. The largest absolute Gasteiger partial charge is 0.478 e. The SMILES string of the molecule is CC(=O)SCCC=Cc1cc(C(=O)O)c(F)cn1. The van der Waals surface area contributed by atoms with Crippen molar-refractivity contribution in [1.29, 1.82) is 0 Å². The summed E-state index contributed by atoms with van der Waals surface area (Å²) in [6.45, 7) is 1.50. The average molecular weight is 269 g/mol. The van der Waals surface area contributed by atoms with Gasteiger partial charge in [-0.3, -0.25) is 9.78 Å². The molecule has 1 rings (SSSR count). The molecule has 4 nitrogen and oxygen atoms in total. The fourth-order valence-electron chi connectivity index (χ4n) is 1.18. The molecule has 96 valence electrons. The number of aromatic carboxylic acids is 1. The number of carboxylic acid groups (broad SMARTS) is 1. The van der Waals surface area contributed by atoms with Gasteiger partial charge in [0.05, 0.1) is 17.5 Å². The summed E-state index contributed by atoms with van der Waals surface area (Å²) in [4.78, 5) is 25.1. The Morgan fingerprint density at radius 2 is 2.28 bits per heavy atom. The Bertz CT molecular complexity index is 488. The number of hydrogen-bond donors (Lipinski definition) is 1. The predicted octanol–water partition coefficient (Wildman–Crippen LogP) is 2.60. The van der Waals surface area contributed by atoms with Crippen molar-refractivity contribution < 1.29 is 19.1 Å². The number of rotatable bonds is 5. The molecule has 1 heterocycles. The van der Waals surface area contributed by atoms with Crippen LogP contribution in [-0.2, 0) is 4.79 Å². The van der Waals surface area contributed by atoms with E-state index in [1.165, 1.54) is 24.8 Å². The number of pyridine rings is 1. The molecule has 0 bridgehead atoms. The predicted molar refractivity (Wildman–Crippen MR) is 67.9 cm³/mol. The maximum atomic E-state index is 13.0. The second-order valence-electron chi connectivity index (χ2n) is 3.43. The fraction of sp³-hybridized carbons (Fsp3) is 0.250. The van der Waals surface area contributed by atoms with Crippen LogP contribution in [0.5, 0.6) is 0 Å². The number of allylic oxidation sites excluding steroid dienone is 1. The molecule has 0 aliphatic carbocycles. The Morgan fingerprint density at radius 3 is 2.89 bits per heavy atom. The molecule has 0 aliphatic rings. The van der Waals surface area contributed by atoms with Crippen LogP contribution < -0.4 is 0 Å². The number of hydrogen-bond acceptors (Lipinski definition) is 4. The highest BCUT2D eigenvalue weighted by Gasteiger charge is 2.10. The van der Waals surface area contributed by atoms with Crippen molar-refractivity contribution in [2.24, 2.45) is 0 Å². The zero-order valence-corrected chi connectivity index (χ0v) is 10.5. The summed E-state index contributed by atoms with van der Waals surface area (Å²) in [6, 6.07) is 1.17. The van der Waals surface area contributed by atoms with Gasteiger partial charge in [-0.15, -0.1) is 0 Å². The van der Waals surface area contributed by atoms with Gasteiger partial charge in [0.15, 0.2) is 10.9 Å². The number of thioether (sulfide) groups is 1. The summed E-state index contributed by atoms with van der Waals surface area (Å²) in [5, 5.41) is 8.78. The van der Waals surface area contributed by atoms with Crippen molar-refractivity contribution in [3.05, 3.63) is 35.4 Å². The summed E-state index contributed by atoms with van der Waals surface area (Å²) >= 11 is 1.21. The quantitative estimate of drug-likeness (QED) is 0.832. The van der Waals surface area contributed by atoms with E-state index in [4.69, 9.17) is 5.11 Å². The fourth-order valence-corrected chi connectivity index (χ4v) is 1.73. The average Bonchev–Trinajstić information content (AvgIpc) is 2.30. The van der Waals surface area contributed by atoms with Crippen LogP contribution in [0, 0.1) is 5.82 Å². The van der Waals surface area contributed by atoms with Crippen molar-refractivity contribution in [3.63, 3.8) is 0 Å². The number of carbonyl (C=O) groups is 2. The second kappa shape index (κ2) is 6.90. The molecular weight excluding hydrogens is 257 g/mol. The third-order valence-electron chi connectivity index (χ3n) is 1.99. The lowest BCUT2D eigenvalue weighted by atomic mass is 10.2. The van der Waals surface area contributed by atoms with Crippen molar-refractivity contribution in [2.45, 2.75) is 13.3 Å². The molecule has 0 fully saturated rings. The number of carboxylic acids is 1. The molecule has 0 aromatic carbocycles. The maximum Gasteiger partial charge on any atom is 0.338 e. The molecule has 0 aliphatic heterocycles. The minimum atomic E-state index is -1.32. The molecule has 6 heteroatoms. The Morgan fingerprint density at radius 1 is 1.56 bits per heavy atom. The second-order valence-corrected chi connectivity index (χ2v) is 4.70. The Hall–Kier alpha value is -1.69. The monoisotopic (exact) mass is 269 g/mol. The van der Waals surface area contributed by atoms with Crippen LogP contribution in [0.15, 0.2) is 18.3 Å². The highest BCUT2D eigenvalue weighted by molar-refractivity contribution is 8.13.